The Morgan fingerprint density at radius 3 is 2.42 bits per heavy atom. The number of benzene rings is 1. The van der Waals surface area contributed by atoms with Crippen molar-refractivity contribution in [2.24, 2.45) is 0 Å². The molecule has 0 fully saturated rings. The minimum atomic E-state index is -3.70. The standard InChI is InChI=1S/C15H14F2N2O5S2/c16-10-3-1-4-11(17)15(10)19-12(20)9-24-13(21)6-7-18-26(22,23)14-5-2-8-25-14/h1-5,8,18H,6-7,9H2,(H,19,20). The van der Waals surface area contributed by atoms with Crippen LogP contribution in [0.1, 0.15) is 6.42 Å². The highest BCUT2D eigenvalue weighted by Gasteiger charge is 2.16. The van der Waals surface area contributed by atoms with Gasteiger partial charge in [0, 0.05) is 6.54 Å². The normalized spacial score (nSPS) is 11.2. The molecule has 0 unspecified atom stereocenters. The molecular formula is C15H14F2N2O5S2. The second-order valence-corrected chi connectivity index (χ2v) is 7.83. The Hall–Kier alpha value is -2.37. The van der Waals surface area contributed by atoms with Gasteiger partial charge in [-0.2, -0.15) is 0 Å². The summed E-state index contributed by atoms with van der Waals surface area (Å²) in [6, 6.07) is 6.05. The second-order valence-electron chi connectivity index (χ2n) is 4.89. The third kappa shape index (κ3) is 5.58. The topological polar surface area (TPSA) is 102 Å². The lowest BCUT2D eigenvalue weighted by Crippen LogP contribution is -2.27. The van der Waals surface area contributed by atoms with E-state index in [1.807, 2.05) is 5.32 Å². The van der Waals surface area contributed by atoms with Gasteiger partial charge in [0.25, 0.3) is 5.91 Å². The zero-order valence-corrected chi connectivity index (χ0v) is 14.8. The molecule has 0 aliphatic carbocycles. The number of carbonyl (C=O) groups is 2. The van der Waals surface area contributed by atoms with Crippen molar-refractivity contribution in [3.63, 3.8) is 0 Å². The molecule has 0 saturated heterocycles. The molecule has 7 nitrogen and oxygen atoms in total. The first-order valence-corrected chi connectivity index (χ1v) is 9.58. The number of rotatable bonds is 8. The number of nitrogens with one attached hydrogen (secondary N) is 2. The summed E-state index contributed by atoms with van der Waals surface area (Å²) in [5, 5.41) is 3.55. The first-order valence-electron chi connectivity index (χ1n) is 7.22. The number of ether oxygens (including phenoxy) is 1. The molecule has 140 valence electrons. The fraction of sp³-hybridized carbons (Fsp3) is 0.200. The summed E-state index contributed by atoms with van der Waals surface area (Å²) in [5.41, 5.74) is -0.641. The van der Waals surface area contributed by atoms with Gasteiger partial charge in [-0.1, -0.05) is 12.1 Å². The first kappa shape index (κ1) is 19.9. The SMILES string of the molecule is O=C(COC(=O)CCNS(=O)(=O)c1cccs1)Nc1c(F)cccc1F. The smallest absolute Gasteiger partial charge is 0.307 e. The Morgan fingerprint density at radius 1 is 1.12 bits per heavy atom. The van der Waals surface area contributed by atoms with Gasteiger partial charge < -0.3 is 10.1 Å². The number of amides is 1. The molecule has 0 atom stereocenters. The summed E-state index contributed by atoms with van der Waals surface area (Å²) in [7, 11) is -3.70. The van der Waals surface area contributed by atoms with Crippen LogP contribution in [0.15, 0.2) is 39.9 Å². The summed E-state index contributed by atoms with van der Waals surface area (Å²) < 4.78 is 57.4. The quantitative estimate of drug-likeness (QED) is 0.654. The van der Waals surface area contributed by atoms with Crippen LogP contribution < -0.4 is 10.0 Å². The van der Waals surface area contributed by atoms with Gasteiger partial charge in [0.2, 0.25) is 10.0 Å². The predicted octanol–water partition coefficient (Wildman–Crippen LogP) is 1.88. The Labute approximate surface area is 152 Å². The molecule has 0 spiro atoms. The molecule has 2 aromatic rings. The lowest BCUT2D eigenvalue weighted by Gasteiger charge is -2.08. The van der Waals surface area contributed by atoms with E-state index in [-0.39, 0.29) is 17.2 Å². The van der Waals surface area contributed by atoms with E-state index in [9.17, 15) is 26.8 Å². The minimum Gasteiger partial charge on any atom is -0.456 e. The number of hydrogen-bond acceptors (Lipinski definition) is 6. The maximum absolute atomic E-state index is 13.4. The minimum absolute atomic E-state index is 0.108. The fourth-order valence-electron chi connectivity index (χ4n) is 1.79. The average molecular weight is 404 g/mol. The number of hydrogen-bond donors (Lipinski definition) is 2. The maximum Gasteiger partial charge on any atom is 0.307 e. The van der Waals surface area contributed by atoms with E-state index in [1.54, 1.807) is 11.4 Å². The van der Waals surface area contributed by atoms with Gasteiger partial charge in [0.05, 0.1) is 6.42 Å². The summed E-state index contributed by atoms with van der Waals surface area (Å²) in [5.74, 6) is -3.70. The van der Waals surface area contributed by atoms with E-state index in [0.717, 1.165) is 29.5 Å². The van der Waals surface area contributed by atoms with Crippen LogP contribution >= 0.6 is 11.3 Å². The Morgan fingerprint density at radius 2 is 1.81 bits per heavy atom. The molecule has 1 heterocycles. The number of anilines is 1. The van der Waals surface area contributed by atoms with Crippen LogP contribution in [-0.2, 0) is 24.3 Å². The lowest BCUT2D eigenvalue weighted by molar-refractivity contribution is -0.147. The van der Waals surface area contributed by atoms with Crippen molar-refractivity contribution in [2.75, 3.05) is 18.5 Å². The molecule has 1 amide bonds. The van der Waals surface area contributed by atoms with Crippen LogP contribution in [0.5, 0.6) is 0 Å². The van der Waals surface area contributed by atoms with Gasteiger partial charge in [0.15, 0.2) is 6.61 Å². The Balaban J connectivity index is 1.74. The number of sulfonamides is 1. The van der Waals surface area contributed by atoms with Gasteiger partial charge in [-0.05, 0) is 23.6 Å². The Bertz CT molecular complexity index is 865. The third-order valence-corrected chi connectivity index (χ3v) is 5.83. The number of carbonyl (C=O) groups excluding carboxylic acids is 2. The molecule has 1 aromatic carbocycles. The molecule has 11 heteroatoms. The monoisotopic (exact) mass is 404 g/mol. The molecule has 0 radical (unpaired) electrons. The number of esters is 1. The summed E-state index contributed by atoms with van der Waals surface area (Å²) in [6.07, 6.45) is -0.314. The molecule has 2 rings (SSSR count). The average Bonchev–Trinajstić information content (AvgIpc) is 3.12. The number of thiophene rings is 1. The van der Waals surface area contributed by atoms with Gasteiger partial charge in [0.1, 0.15) is 21.5 Å². The molecule has 1 aromatic heterocycles. The van der Waals surface area contributed by atoms with E-state index in [1.165, 1.54) is 6.07 Å². The highest BCUT2D eigenvalue weighted by Crippen LogP contribution is 2.17. The van der Waals surface area contributed by atoms with E-state index < -0.39 is 45.8 Å². The molecule has 26 heavy (non-hydrogen) atoms. The van der Waals surface area contributed by atoms with Gasteiger partial charge in [-0.15, -0.1) is 11.3 Å². The van der Waals surface area contributed by atoms with Gasteiger partial charge in [-0.3, -0.25) is 9.59 Å². The van der Waals surface area contributed by atoms with E-state index in [4.69, 9.17) is 0 Å². The molecule has 0 bridgehead atoms. The van der Waals surface area contributed by atoms with Crippen molar-refractivity contribution in [2.45, 2.75) is 10.6 Å². The van der Waals surface area contributed by atoms with Crippen molar-refractivity contribution in [1.29, 1.82) is 0 Å². The van der Waals surface area contributed by atoms with Gasteiger partial charge >= 0.3 is 5.97 Å². The van der Waals surface area contributed by atoms with Crippen LogP contribution in [0.4, 0.5) is 14.5 Å². The Kier molecular flexibility index (Phi) is 6.77. The van der Waals surface area contributed by atoms with Crippen molar-refractivity contribution in [1.82, 2.24) is 4.72 Å². The van der Waals surface area contributed by atoms with E-state index in [0.29, 0.717) is 0 Å². The number of halogens is 2. The van der Waals surface area contributed by atoms with Crippen molar-refractivity contribution in [3.8, 4) is 0 Å². The van der Waals surface area contributed by atoms with Crippen LogP contribution in [0, 0.1) is 11.6 Å². The summed E-state index contributed by atoms with van der Waals surface area (Å²) in [6.45, 7) is -0.979. The van der Waals surface area contributed by atoms with E-state index >= 15 is 0 Å². The lowest BCUT2D eigenvalue weighted by atomic mass is 10.3. The highest BCUT2D eigenvalue weighted by molar-refractivity contribution is 7.91. The van der Waals surface area contributed by atoms with Gasteiger partial charge in [-0.25, -0.2) is 21.9 Å². The van der Waals surface area contributed by atoms with Crippen molar-refractivity contribution < 1.29 is 31.5 Å². The second kappa shape index (κ2) is 8.83. The molecular weight excluding hydrogens is 390 g/mol. The summed E-state index contributed by atoms with van der Waals surface area (Å²) >= 11 is 1.03. The maximum atomic E-state index is 13.4. The predicted molar refractivity (Wildman–Crippen MR) is 90.1 cm³/mol. The number of para-hydroxylation sites is 1. The molecule has 0 saturated carbocycles. The first-order chi connectivity index (χ1) is 12.3. The summed E-state index contributed by atoms with van der Waals surface area (Å²) in [4.78, 5) is 23.1. The third-order valence-electron chi connectivity index (χ3n) is 2.97. The zero-order chi connectivity index (χ0) is 19.2. The molecule has 2 N–H and O–H groups in total. The van der Waals surface area contributed by atoms with Crippen LogP contribution in [0.25, 0.3) is 0 Å². The molecule has 0 aliphatic rings. The fourth-order valence-corrected chi connectivity index (χ4v) is 3.86. The van der Waals surface area contributed by atoms with Crippen molar-refractivity contribution in [3.05, 3.63) is 47.3 Å². The van der Waals surface area contributed by atoms with Crippen LogP contribution in [0.3, 0.4) is 0 Å². The largest absolute Gasteiger partial charge is 0.456 e. The van der Waals surface area contributed by atoms with Crippen LogP contribution in [0.2, 0.25) is 0 Å². The van der Waals surface area contributed by atoms with Crippen LogP contribution in [-0.4, -0.2) is 33.4 Å². The highest BCUT2D eigenvalue weighted by atomic mass is 32.2. The zero-order valence-electron chi connectivity index (χ0n) is 13.2. The molecule has 0 aliphatic heterocycles. The van der Waals surface area contributed by atoms with Crippen molar-refractivity contribution >= 4 is 38.9 Å². The van der Waals surface area contributed by atoms with E-state index in [2.05, 4.69) is 9.46 Å².